The first-order valence-electron chi connectivity index (χ1n) is 6.05. The predicted octanol–water partition coefficient (Wildman–Crippen LogP) is 3.39. The number of carbonyl (C=O) groups is 1. The van der Waals surface area contributed by atoms with Crippen LogP contribution in [0.3, 0.4) is 0 Å². The van der Waals surface area contributed by atoms with Crippen LogP contribution in [0.1, 0.15) is 43.1 Å². The molecule has 3 heteroatoms. The summed E-state index contributed by atoms with van der Waals surface area (Å²) in [6, 6.07) is 5.03. The first-order valence-corrected chi connectivity index (χ1v) is 6.05. The van der Waals surface area contributed by atoms with E-state index in [-0.39, 0.29) is 17.5 Å². The number of nitrogens with zero attached hydrogens (tertiary/aromatic N) is 1. The van der Waals surface area contributed by atoms with Crippen molar-refractivity contribution in [2.24, 2.45) is 0 Å². The van der Waals surface area contributed by atoms with Crippen molar-refractivity contribution >= 4 is 5.91 Å². The summed E-state index contributed by atoms with van der Waals surface area (Å²) < 4.78 is 13.9. The van der Waals surface area contributed by atoms with Gasteiger partial charge >= 0.3 is 0 Å². The Balaban J connectivity index is 3.05. The van der Waals surface area contributed by atoms with Crippen LogP contribution >= 0.6 is 0 Å². The Morgan fingerprint density at radius 2 is 2.06 bits per heavy atom. The van der Waals surface area contributed by atoms with Gasteiger partial charge < -0.3 is 4.90 Å². The lowest BCUT2D eigenvalue weighted by molar-refractivity contribution is 0.0701. The summed E-state index contributed by atoms with van der Waals surface area (Å²) in [5.74, 6) is -0.623. The van der Waals surface area contributed by atoms with Crippen LogP contribution in [0.15, 0.2) is 18.2 Å². The highest BCUT2D eigenvalue weighted by molar-refractivity contribution is 5.94. The zero-order valence-corrected chi connectivity index (χ0v) is 11.0. The fourth-order valence-corrected chi connectivity index (χ4v) is 1.80. The molecule has 0 saturated carbocycles. The molecule has 0 aliphatic carbocycles. The van der Waals surface area contributed by atoms with Gasteiger partial charge in [-0.2, -0.15) is 0 Å². The molecule has 0 heterocycles. The van der Waals surface area contributed by atoms with Gasteiger partial charge in [0.15, 0.2) is 0 Å². The maximum atomic E-state index is 13.9. The standard InChI is InChI=1S/C14H20FNO/c1-5-9-16(10(2)3)14(17)12-8-6-7-11(4)13(12)15/h6-8,10H,5,9H2,1-4H3. The average molecular weight is 237 g/mol. The van der Waals surface area contributed by atoms with Crippen LogP contribution in [0.4, 0.5) is 4.39 Å². The van der Waals surface area contributed by atoms with Crippen molar-refractivity contribution in [3.8, 4) is 0 Å². The molecule has 0 radical (unpaired) electrons. The molecule has 17 heavy (non-hydrogen) atoms. The van der Waals surface area contributed by atoms with Gasteiger partial charge in [0.25, 0.3) is 5.91 Å². The predicted molar refractivity (Wildman–Crippen MR) is 67.6 cm³/mol. The maximum absolute atomic E-state index is 13.9. The van der Waals surface area contributed by atoms with Crippen molar-refractivity contribution in [2.45, 2.75) is 40.2 Å². The minimum atomic E-state index is -0.403. The Morgan fingerprint density at radius 1 is 1.41 bits per heavy atom. The fourth-order valence-electron chi connectivity index (χ4n) is 1.80. The first kappa shape index (κ1) is 13.7. The Labute approximate surface area is 102 Å². The molecule has 0 unspecified atom stereocenters. The Kier molecular flexibility index (Phi) is 4.67. The van der Waals surface area contributed by atoms with Crippen molar-refractivity contribution in [3.05, 3.63) is 35.1 Å². The molecule has 0 bridgehead atoms. The van der Waals surface area contributed by atoms with E-state index >= 15 is 0 Å². The van der Waals surface area contributed by atoms with E-state index in [1.807, 2.05) is 20.8 Å². The van der Waals surface area contributed by atoms with E-state index in [9.17, 15) is 9.18 Å². The van der Waals surface area contributed by atoms with E-state index in [1.54, 1.807) is 30.0 Å². The van der Waals surface area contributed by atoms with Gasteiger partial charge in [-0.25, -0.2) is 4.39 Å². The molecule has 0 fully saturated rings. The third-order valence-electron chi connectivity index (χ3n) is 2.77. The monoisotopic (exact) mass is 237 g/mol. The van der Waals surface area contributed by atoms with Crippen LogP contribution in [0.5, 0.6) is 0 Å². The number of amides is 1. The summed E-state index contributed by atoms with van der Waals surface area (Å²) in [5, 5.41) is 0. The molecule has 1 aromatic rings. The zero-order chi connectivity index (χ0) is 13.0. The third-order valence-corrected chi connectivity index (χ3v) is 2.77. The van der Waals surface area contributed by atoms with Crippen molar-refractivity contribution in [1.82, 2.24) is 4.90 Å². The van der Waals surface area contributed by atoms with Crippen molar-refractivity contribution in [2.75, 3.05) is 6.54 Å². The third kappa shape index (κ3) is 3.05. The van der Waals surface area contributed by atoms with Gasteiger partial charge in [-0.15, -0.1) is 0 Å². The molecule has 0 aromatic heterocycles. The maximum Gasteiger partial charge on any atom is 0.257 e. The van der Waals surface area contributed by atoms with Crippen molar-refractivity contribution < 1.29 is 9.18 Å². The van der Waals surface area contributed by atoms with Gasteiger partial charge in [-0.05, 0) is 38.8 Å². The summed E-state index contributed by atoms with van der Waals surface area (Å²) in [6.45, 7) is 8.23. The minimum Gasteiger partial charge on any atom is -0.336 e. The zero-order valence-electron chi connectivity index (χ0n) is 11.0. The van der Waals surface area contributed by atoms with Gasteiger partial charge in [0, 0.05) is 12.6 Å². The number of hydrogen-bond acceptors (Lipinski definition) is 1. The molecule has 1 aromatic carbocycles. The van der Waals surface area contributed by atoms with Gasteiger partial charge in [0.1, 0.15) is 5.82 Å². The molecule has 1 amide bonds. The molecule has 0 aliphatic heterocycles. The molecule has 0 saturated heterocycles. The highest BCUT2D eigenvalue weighted by atomic mass is 19.1. The van der Waals surface area contributed by atoms with E-state index in [0.717, 1.165) is 6.42 Å². The van der Waals surface area contributed by atoms with Crippen molar-refractivity contribution in [3.63, 3.8) is 0 Å². The quantitative estimate of drug-likeness (QED) is 0.786. The summed E-state index contributed by atoms with van der Waals surface area (Å²) in [7, 11) is 0. The lowest BCUT2D eigenvalue weighted by Crippen LogP contribution is -2.38. The van der Waals surface area contributed by atoms with Crippen LogP contribution < -0.4 is 0 Å². The largest absolute Gasteiger partial charge is 0.336 e. The average Bonchev–Trinajstić information content (AvgIpc) is 2.28. The number of rotatable bonds is 4. The smallest absolute Gasteiger partial charge is 0.257 e. The van der Waals surface area contributed by atoms with Gasteiger partial charge in [-0.3, -0.25) is 4.79 Å². The van der Waals surface area contributed by atoms with Crippen LogP contribution in [-0.2, 0) is 0 Å². The molecular weight excluding hydrogens is 217 g/mol. The summed E-state index contributed by atoms with van der Waals surface area (Å²) in [5.41, 5.74) is 0.684. The second-order valence-electron chi connectivity index (χ2n) is 4.53. The fraction of sp³-hybridized carbons (Fsp3) is 0.500. The summed E-state index contributed by atoms with van der Waals surface area (Å²) >= 11 is 0. The molecular formula is C14H20FNO. The van der Waals surface area contributed by atoms with E-state index in [0.29, 0.717) is 12.1 Å². The molecule has 0 atom stereocenters. The summed E-state index contributed by atoms with van der Waals surface area (Å²) in [6.07, 6.45) is 0.872. The highest BCUT2D eigenvalue weighted by Gasteiger charge is 2.21. The van der Waals surface area contributed by atoms with E-state index in [4.69, 9.17) is 0 Å². The van der Waals surface area contributed by atoms with Crippen LogP contribution in [0.25, 0.3) is 0 Å². The topological polar surface area (TPSA) is 20.3 Å². The number of benzene rings is 1. The van der Waals surface area contributed by atoms with Gasteiger partial charge in [-0.1, -0.05) is 19.1 Å². The lowest BCUT2D eigenvalue weighted by Gasteiger charge is -2.26. The Morgan fingerprint density at radius 3 is 2.59 bits per heavy atom. The van der Waals surface area contributed by atoms with E-state index in [1.165, 1.54) is 0 Å². The first-order chi connectivity index (χ1) is 7.99. The summed E-state index contributed by atoms with van der Waals surface area (Å²) in [4.78, 5) is 13.9. The van der Waals surface area contributed by atoms with Gasteiger partial charge in [0.05, 0.1) is 5.56 Å². The molecule has 0 aliphatic rings. The Hall–Kier alpha value is -1.38. The van der Waals surface area contributed by atoms with Crippen molar-refractivity contribution in [1.29, 1.82) is 0 Å². The normalized spacial score (nSPS) is 10.7. The van der Waals surface area contributed by atoms with Gasteiger partial charge in [0.2, 0.25) is 0 Å². The number of carbonyl (C=O) groups excluding carboxylic acids is 1. The molecule has 0 N–H and O–H groups in total. The molecule has 0 spiro atoms. The molecule has 2 nitrogen and oxygen atoms in total. The van der Waals surface area contributed by atoms with E-state index in [2.05, 4.69) is 0 Å². The number of aryl methyl sites for hydroxylation is 1. The second kappa shape index (κ2) is 5.80. The van der Waals surface area contributed by atoms with Crippen LogP contribution in [-0.4, -0.2) is 23.4 Å². The molecule has 1 rings (SSSR count). The Bertz CT molecular complexity index is 401. The van der Waals surface area contributed by atoms with Crippen LogP contribution in [0.2, 0.25) is 0 Å². The van der Waals surface area contributed by atoms with E-state index < -0.39 is 5.82 Å². The molecule has 94 valence electrons. The van der Waals surface area contributed by atoms with Crippen LogP contribution in [0, 0.1) is 12.7 Å². The minimum absolute atomic E-state index is 0.0855. The lowest BCUT2D eigenvalue weighted by atomic mass is 10.1. The SMILES string of the molecule is CCCN(C(=O)c1cccc(C)c1F)C(C)C. The number of hydrogen-bond donors (Lipinski definition) is 0. The highest BCUT2D eigenvalue weighted by Crippen LogP contribution is 2.16. The second-order valence-corrected chi connectivity index (χ2v) is 4.53. The number of halogens is 1.